The van der Waals surface area contributed by atoms with Crippen molar-refractivity contribution in [3.63, 3.8) is 0 Å². The fourth-order valence-corrected chi connectivity index (χ4v) is 2.70. The summed E-state index contributed by atoms with van der Waals surface area (Å²) in [6.07, 6.45) is 5.00. The number of para-hydroxylation sites is 1. The van der Waals surface area contributed by atoms with Gasteiger partial charge in [-0.2, -0.15) is 0 Å². The lowest BCUT2D eigenvalue weighted by Crippen LogP contribution is -2.31. The summed E-state index contributed by atoms with van der Waals surface area (Å²) in [5.74, 6) is 0. The van der Waals surface area contributed by atoms with Crippen LogP contribution < -0.4 is 11.1 Å². The van der Waals surface area contributed by atoms with Crippen molar-refractivity contribution in [1.82, 2.24) is 0 Å². The Morgan fingerprint density at radius 1 is 1.20 bits per heavy atom. The van der Waals surface area contributed by atoms with Gasteiger partial charge in [0.2, 0.25) is 0 Å². The van der Waals surface area contributed by atoms with E-state index in [1.165, 1.54) is 36.1 Å². The van der Waals surface area contributed by atoms with Crippen LogP contribution in [0.25, 0.3) is 5.70 Å². The van der Waals surface area contributed by atoms with Crippen LogP contribution in [0, 0.1) is 0 Å². The molecule has 1 heterocycles. The zero-order valence-corrected chi connectivity index (χ0v) is 8.79. The minimum atomic E-state index is 0.494. The van der Waals surface area contributed by atoms with Crippen LogP contribution in [0.5, 0.6) is 0 Å². The summed E-state index contributed by atoms with van der Waals surface area (Å²) in [7, 11) is 0. The van der Waals surface area contributed by atoms with Crippen LogP contribution in [0.15, 0.2) is 29.8 Å². The van der Waals surface area contributed by atoms with Gasteiger partial charge in [0.05, 0.1) is 0 Å². The first-order valence-electron chi connectivity index (χ1n) is 5.71. The maximum Gasteiger partial charge on any atom is 0.0497 e. The summed E-state index contributed by atoms with van der Waals surface area (Å²) in [4.78, 5) is 0. The number of hydrogen-bond donors (Lipinski definition) is 2. The van der Waals surface area contributed by atoms with E-state index in [4.69, 9.17) is 5.73 Å². The van der Waals surface area contributed by atoms with E-state index >= 15 is 0 Å². The highest BCUT2D eigenvalue weighted by molar-refractivity contribution is 5.80. The van der Waals surface area contributed by atoms with E-state index in [0.717, 1.165) is 12.1 Å². The Hall–Kier alpha value is -1.44. The Labute approximate surface area is 90.2 Å². The van der Waals surface area contributed by atoms with Crippen LogP contribution in [0.2, 0.25) is 0 Å². The third kappa shape index (κ3) is 1.32. The standard InChI is InChI=1S/C13H16N2/c14-13-9-5-1-3-7-11(9)15-12-8-4-2-6-10(12)13/h1,3,5,7,12,15H,2,4,6,8,14H2. The molecule has 1 saturated carbocycles. The second-order valence-corrected chi connectivity index (χ2v) is 4.43. The highest BCUT2D eigenvalue weighted by Gasteiger charge is 2.26. The highest BCUT2D eigenvalue weighted by atomic mass is 14.9. The van der Waals surface area contributed by atoms with E-state index in [0.29, 0.717) is 6.04 Å². The number of hydrogen-bond acceptors (Lipinski definition) is 2. The lowest BCUT2D eigenvalue weighted by molar-refractivity contribution is 0.555. The van der Waals surface area contributed by atoms with E-state index < -0.39 is 0 Å². The summed E-state index contributed by atoms with van der Waals surface area (Å²) < 4.78 is 0. The number of rotatable bonds is 0. The summed E-state index contributed by atoms with van der Waals surface area (Å²) in [6, 6.07) is 8.83. The molecule has 0 radical (unpaired) electrons. The van der Waals surface area contributed by atoms with Crippen LogP contribution in [0.4, 0.5) is 5.69 Å². The van der Waals surface area contributed by atoms with Crippen LogP contribution >= 0.6 is 0 Å². The average Bonchev–Trinajstić information content (AvgIpc) is 2.30. The molecule has 1 aliphatic heterocycles. The molecule has 1 aromatic carbocycles. The van der Waals surface area contributed by atoms with Crippen molar-refractivity contribution in [3.8, 4) is 0 Å². The van der Waals surface area contributed by atoms with Crippen molar-refractivity contribution in [2.45, 2.75) is 31.7 Å². The summed E-state index contributed by atoms with van der Waals surface area (Å²) >= 11 is 0. The van der Waals surface area contributed by atoms with Crippen LogP contribution in [0.3, 0.4) is 0 Å². The normalized spacial score (nSPS) is 24.1. The lowest BCUT2D eigenvalue weighted by atomic mass is 9.84. The van der Waals surface area contributed by atoms with Crippen LogP contribution in [-0.4, -0.2) is 6.04 Å². The Kier molecular flexibility index (Phi) is 1.94. The van der Waals surface area contributed by atoms with Crippen LogP contribution in [-0.2, 0) is 0 Å². The Bertz CT molecular complexity index is 420. The number of fused-ring (bicyclic) bond motifs is 2. The van der Waals surface area contributed by atoms with Gasteiger partial charge in [0, 0.05) is 23.0 Å². The SMILES string of the molecule is NC1=C2CCCCC2Nc2ccccc21. The van der Waals surface area contributed by atoms with E-state index in [-0.39, 0.29) is 0 Å². The number of benzene rings is 1. The van der Waals surface area contributed by atoms with Gasteiger partial charge in [-0.3, -0.25) is 0 Å². The quantitative estimate of drug-likeness (QED) is 0.675. The second-order valence-electron chi connectivity index (χ2n) is 4.43. The topological polar surface area (TPSA) is 38.0 Å². The van der Waals surface area contributed by atoms with Gasteiger partial charge in [-0.25, -0.2) is 0 Å². The van der Waals surface area contributed by atoms with Gasteiger partial charge in [0.1, 0.15) is 0 Å². The van der Waals surface area contributed by atoms with Crippen molar-refractivity contribution in [1.29, 1.82) is 0 Å². The minimum absolute atomic E-state index is 0.494. The van der Waals surface area contributed by atoms with E-state index in [1.807, 2.05) is 0 Å². The predicted molar refractivity (Wildman–Crippen MR) is 63.4 cm³/mol. The molecule has 0 aromatic heterocycles. The molecular weight excluding hydrogens is 184 g/mol. The molecule has 2 nitrogen and oxygen atoms in total. The molecule has 15 heavy (non-hydrogen) atoms. The zero-order valence-electron chi connectivity index (χ0n) is 8.79. The van der Waals surface area contributed by atoms with Gasteiger partial charge >= 0.3 is 0 Å². The third-order valence-corrected chi connectivity index (χ3v) is 3.50. The number of nitrogens with two attached hydrogens (primary N) is 1. The summed E-state index contributed by atoms with van der Waals surface area (Å²) in [5, 5.41) is 3.59. The fourth-order valence-electron chi connectivity index (χ4n) is 2.70. The lowest BCUT2D eigenvalue weighted by Gasteiger charge is -2.34. The molecule has 2 aliphatic rings. The molecule has 3 N–H and O–H groups in total. The largest absolute Gasteiger partial charge is 0.398 e. The molecule has 2 heteroatoms. The summed E-state index contributed by atoms with van der Waals surface area (Å²) in [5.41, 5.74) is 11.1. The average molecular weight is 200 g/mol. The first-order valence-corrected chi connectivity index (χ1v) is 5.71. The van der Waals surface area contributed by atoms with Gasteiger partial charge in [-0.15, -0.1) is 0 Å². The molecule has 1 aromatic rings. The maximum atomic E-state index is 6.24. The molecule has 1 atom stereocenters. The molecule has 1 unspecified atom stereocenters. The second kappa shape index (κ2) is 3.30. The highest BCUT2D eigenvalue weighted by Crippen LogP contribution is 2.37. The molecule has 0 saturated heterocycles. The van der Waals surface area contributed by atoms with Crippen molar-refractivity contribution < 1.29 is 0 Å². The molecule has 78 valence electrons. The molecular formula is C13H16N2. The van der Waals surface area contributed by atoms with Crippen molar-refractivity contribution in [3.05, 3.63) is 35.4 Å². The predicted octanol–water partition coefficient (Wildman–Crippen LogP) is 2.72. The van der Waals surface area contributed by atoms with Crippen molar-refractivity contribution >= 4 is 11.4 Å². The minimum Gasteiger partial charge on any atom is -0.398 e. The maximum absolute atomic E-state index is 6.24. The van der Waals surface area contributed by atoms with E-state index in [2.05, 4.69) is 29.6 Å². The molecule has 0 bridgehead atoms. The smallest absolute Gasteiger partial charge is 0.0497 e. The molecule has 1 fully saturated rings. The van der Waals surface area contributed by atoms with Crippen molar-refractivity contribution in [2.75, 3.05) is 5.32 Å². The van der Waals surface area contributed by atoms with Gasteiger partial charge < -0.3 is 11.1 Å². The van der Waals surface area contributed by atoms with E-state index in [1.54, 1.807) is 0 Å². The molecule has 3 rings (SSSR count). The zero-order chi connectivity index (χ0) is 10.3. The Morgan fingerprint density at radius 3 is 3.00 bits per heavy atom. The van der Waals surface area contributed by atoms with E-state index in [9.17, 15) is 0 Å². The fraction of sp³-hybridized carbons (Fsp3) is 0.385. The molecule has 1 aliphatic carbocycles. The Morgan fingerprint density at radius 2 is 2.07 bits per heavy atom. The van der Waals surface area contributed by atoms with Gasteiger partial charge in [0.15, 0.2) is 0 Å². The number of anilines is 1. The number of nitrogens with one attached hydrogen (secondary N) is 1. The third-order valence-electron chi connectivity index (χ3n) is 3.50. The van der Waals surface area contributed by atoms with Gasteiger partial charge in [-0.1, -0.05) is 24.6 Å². The summed E-state index contributed by atoms with van der Waals surface area (Å²) in [6.45, 7) is 0. The monoisotopic (exact) mass is 200 g/mol. The Balaban J connectivity index is 2.12. The first-order chi connectivity index (χ1) is 7.36. The van der Waals surface area contributed by atoms with Crippen LogP contribution in [0.1, 0.15) is 31.2 Å². The first kappa shape index (κ1) is 8.84. The van der Waals surface area contributed by atoms with Gasteiger partial charge in [-0.05, 0) is 30.9 Å². The molecule has 0 amide bonds. The van der Waals surface area contributed by atoms with Gasteiger partial charge in [0.25, 0.3) is 0 Å². The molecule has 0 spiro atoms. The van der Waals surface area contributed by atoms with Crippen molar-refractivity contribution in [2.24, 2.45) is 5.73 Å².